The van der Waals surface area contributed by atoms with Gasteiger partial charge in [0.15, 0.2) is 0 Å². The van der Waals surface area contributed by atoms with E-state index in [1.54, 1.807) is 19.1 Å². The van der Waals surface area contributed by atoms with Crippen molar-refractivity contribution in [2.75, 3.05) is 11.8 Å². The van der Waals surface area contributed by atoms with Crippen molar-refractivity contribution in [1.29, 1.82) is 0 Å². The van der Waals surface area contributed by atoms with Crippen LogP contribution in [0.25, 0.3) is 0 Å². The molecular formula is C14H13BrFNO3S. The molecule has 2 rings (SSSR count). The van der Waals surface area contributed by atoms with Crippen LogP contribution in [0.15, 0.2) is 45.8 Å². The van der Waals surface area contributed by atoms with E-state index in [1.807, 2.05) is 0 Å². The smallest absolute Gasteiger partial charge is 0.261 e. The molecule has 2 aromatic rings. The molecule has 0 aliphatic rings. The van der Waals surface area contributed by atoms with Crippen molar-refractivity contribution >= 4 is 31.6 Å². The molecule has 0 bridgehead atoms. The van der Waals surface area contributed by atoms with Gasteiger partial charge in [0.25, 0.3) is 10.0 Å². The summed E-state index contributed by atoms with van der Waals surface area (Å²) in [7, 11) is -2.24. The molecule has 2 aromatic carbocycles. The number of sulfonamides is 1. The SMILES string of the molecule is COc1ccc(S(=O)(=O)Nc2cc(Br)c(F)cc2C)cc1. The van der Waals surface area contributed by atoms with Gasteiger partial charge in [-0.1, -0.05) is 0 Å². The van der Waals surface area contributed by atoms with E-state index in [0.29, 0.717) is 17.0 Å². The largest absolute Gasteiger partial charge is 0.497 e. The summed E-state index contributed by atoms with van der Waals surface area (Å²) in [6.07, 6.45) is 0. The first-order chi connectivity index (χ1) is 9.83. The monoisotopic (exact) mass is 373 g/mol. The van der Waals surface area contributed by atoms with Gasteiger partial charge < -0.3 is 4.74 Å². The zero-order valence-electron chi connectivity index (χ0n) is 11.4. The number of rotatable bonds is 4. The molecule has 4 nitrogen and oxygen atoms in total. The maximum Gasteiger partial charge on any atom is 0.261 e. The summed E-state index contributed by atoms with van der Waals surface area (Å²) in [6.45, 7) is 1.63. The van der Waals surface area contributed by atoms with Crippen LogP contribution in [-0.4, -0.2) is 15.5 Å². The Labute approximate surface area is 131 Å². The second kappa shape index (κ2) is 6.03. The minimum Gasteiger partial charge on any atom is -0.497 e. The summed E-state index contributed by atoms with van der Waals surface area (Å²) < 4.78 is 45.6. The molecule has 0 saturated carbocycles. The summed E-state index contributed by atoms with van der Waals surface area (Å²) in [5, 5.41) is 0. The number of halogens is 2. The van der Waals surface area contributed by atoms with E-state index in [1.165, 1.54) is 31.4 Å². The van der Waals surface area contributed by atoms with E-state index >= 15 is 0 Å². The van der Waals surface area contributed by atoms with Crippen LogP contribution < -0.4 is 9.46 Å². The maximum atomic E-state index is 13.4. The van der Waals surface area contributed by atoms with Gasteiger partial charge in [-0.05, 0) is 64.8 Å². The van der Waals surface area contributed by atoms with E-state index in [2.05, 4.69) is 20.7 Å². The van der Waals surface area contributed by atoms with E-state index < -0.39 is 15.8 Å². The van der Waals surface area contributed by atoms with Crippen molar-refractivity contribution in [3.63, 3.8) is 0 Å². The Bertz CT molecular complexity index is 761. The second-order valence-electron chi connectivity index (χ2n) is 4.36. The Kier molecular flexibility index (Phi) is 4.53. The summed E-state index contributed by atoms with van der Waals surface area (Å²) >= 11 is 3.04. The predicted octanol–water partition coefficient (Wildman–Crippen LogP) is 3.71. The van der Waals surface area contributed by atoms with Crippen molar-refractivity contribution in [1.82, 2.24) is 0 Å². The molecule has 0 aliphatic heterocycles. The highest BCUT2D eigenvalue weighted by atomic mass is 79.9. The first-order valence-corrected chi connectivity index (χ1v) is 8.23. The van der Waals surface area contributed by atoms with Crippen LogP contribution in [0, 0.1) is 12.7 Å². The van der Waals surface area contributed by atoms with Crippen molar-refractivity contribution < 1.29 is 17.5 Å². The molecule has 0 saturated heterocycles. The zero-order valence-corrected chi connectivity index (χ0v) is 13.8. The summed E-state index contributed by atoms with van der Waals surface area (Å²) in [6, 6.07) is 8.65. The van der Waals surface area contributed by atoms with Gasteiger partial charge >= 0.3 is 0 Å². The minimum atomic E-state index is -3.74. The van der Waals surface area contributed by atoms with Gasteiger partial charge in [0, 0.05) is 0 Å². The Morgan fingerprint density at radius 2 is 1.81 bits per heavy atom. The van der Waals surface area contributed by atoms with Crippen LogP contribution in [0.2, 0.25) is 0 Å². The van der Waals surface area contributed by atoms with Gasteiger partial charge in [-0.15, -0.1) is 0 Å². The Morgan fingerprint density at radius 1 is 1.19 bits per heavy atom. The number of anilines is 1. The summed E-state index contributed by atoms with van der Waals surface area (Å²) in [5.74, 6) is 0.120. The fourth-order valence-electron chi connectivity index (χ4n) is 1.71. The number of hydrogen-bond donors (Lipinski definition) is 1. The summed E-state index contributed by atoms with van der Waals surface area (Å²) in [4.78, 5) is 0.100. The average molecular weight is 374 g/mol. The molecule has 7 heteroatoms. The quantitative estimate of drug-likeness (QED) is 0.888. The number of methoxy groups -OCH3 is 1. The standard InChI is InChI=1S/C14H13BrFNO3S/c1-9-7-13(16)12(15)8-14(9)17-21(18,19)11-5-3-10(20-2)4-6-11/h3-8,17H,1-2H3. The molecule has 0 spiro atoms. The lowest BCUT2D eigenvalue weighted by Crippen LogP contribution is -2.14. The molecule has 0 aliphatic carbocycles. The Morgan fingerprint density at radius 3 is 2.38 bits per heavy atom. The number of nitrogens with one attached hydrogen (secondary N) is 1. The zero-order chi connectivity index (χ0) is 15.6. The van der Waals surface area contributed by atoms with Crippen LogP contribution in [0.1, 0.15) is 5.56 Å². The third-order valence-corrected chi connectivity index (χ3v) is 4.87. The molecule has 21 heavy (non-hydrogen) atoms. The predicted molar refractivity (Wildman–Crippen MR) is 82.6 cm³/mol. The van der Waals surface area contributed by atoms with E-state index in [-0.39, 0.29) is 9.37 Å². The second-order valence-corrected chi connectivity index (χ2v) is 6.90. The highest BCUT2D eigenvalue weighted by Gasteiger charge is 2.16. The molecular weight excluding hydrogens is 361 g/mol. The number of ether oxygens (including phenoxy) is 1. The van der Waals surface area contributed by atoms with E-state index in [4.69, 9.17) is 4.74 Å². The Hall–Kier alpha value is -1.60. The van der Waals surface area contributed by atoms with Gasteiger partial charge in [0.1, 0.15) is 11.6 Å². The molecule has 0 atom stereocenters. The molecule has 1 N–H and O–H groups in total. The lowest BCUT2D eigenvalue weighted by Gasteiger charge is -2.12. The first-order valence-electron chi connectivity index (χ1n) is 5.96. The topological polar surface area (TPSA) is 55.4 Å². The molecule has 0 unspecified atom stereocenters. The van der Waals surface area contributed by atoms with Gasteiger partial charge in [0.05, 0.1) is 22.2 Å². The molecule has 0 heterocycles. The molecule has 0 amide bonds. The lowest BCUT2D eigenvalue weighted by atomic mass is 10.2. The van der Waals surface area contributed by atoms with Crippen LogP contribution in [0.4, 0.5) is 10.1 Å². The minimum absolute atomic E-state index is 0.100. The van der Waals surface area contributed by atoms with Crippen LogP contribution in [0.3, 0.4) is 0 Å². The third-order valence-electron chi connectivity index (χ3n) is 2.88. The van der Waals surface area contributed by atoms with E-state index in [9.17, 15) is 12.8 Å². The number of benzene rings is 2. The molecule has 0 fully saturated rings. The van der Waals surface area contributed by atoms with Gasteiger partial charge in [0.2, 0.25) is 0 Å². The highest BCUT2D eigenvalue weighted by molar-refractivity contribution is 9.10. The molecule has 112 valence electrons. The third kappa shape index (κ3) is 3.54. The van der Waals surface area contributed by atoms with Crippen molar-refractivity contribution in [2.45, 2.75) is 11.8 Å². The first kappa shape index (κ1) is 15.8. The van der Waals surface area contributed by atoms with E-state index in [0.717, 1.165) is 0 Å². The number of hydrogen-bond acceptors (Lipinski definition) is 3. The Balaban J connectivity index is 2.34. The molecule has 0 aromatic heterocycles. The van der Waals surface area contributed by atoms with Crippen LogP contribution >= 0.6 is 15.9 Å². The lowest BCUT2D eigenvalue weighted by molar-refractivity contribution is 0.414. The van der Waals surface area contributed by atoms with Crippen LogP contribution in [-0.2, 0) is 10.0 Å². The molecule has 0 radical (unpaired) electrons. The van der Waals surface area contributed by atoms with Gasteiger partial charge in [-0.25, -0.2) is 12.8 Å². The van der Waals surface area contributed by atoms with Crippen molar-refractivity contribution in [2.24, 2.45) is 0 Å². The summed E-state index contributed by atoms with van der Waals surface area (Å²) in [5.41, 5.74) is 0.812. The average Bonchev–Trinajstić information content (AvgIpc) is 2.44. The van der Waals surface area contributed by atoms with Crippen molar-refractivity contribution in [3.05, 3.63) is 52.3 Å². The van der Waals surface area contributed by atoms with Crippen molar-refractivity contribution in [3.8, 4) is 5.75 Å². The van der Waals surface area contributed by atoms with Gasteiger partial charge in [-0.3, -0.25) is 4.72 Å². The van der Waals surface area contributed by atoms with Gasteiger partial charge in [-0.2, -0.15) is 0 Å². The number of aryl methyl sites for hydroxylation is 1. The van der Waals surface area contributed by atoms with Crippen LogP contribution in [0.5, 0.6) is 5.75 Å². The normalized spacial score (nSPS) is 11.2. The highest BCUT2D eigenvalue weighted by Crippen LogP contribution is 2.26. The maximum absolute atomic E-state index is 13.4. The fraction of sp³-hybridized carbons (Fsp3) is 0.143. The fourth-order valence-corrected chi connectivity index (χ4v) is 3.18.